The number of benzene rings is 1. The standard InChI is InChI=1S/C13H18ClNO3S/c1-10-3-4-11(14)9-13(10)19(16,17)15-7-5-12(18-2)6-8-15/h3-4,9,12H,5-8H2,1-2H3. The first-order valence-corrected chi connectivity index (χ1v) is 8.06. The van der Waals surface area contributed by atoms with Gasteiger partial charge in [0.15, 0.2) is 0 Å². The molecule has 1 aromatic rings. The second-order valence-electron chi connectivity index (χ2n) is 4.75. The van der Waals surface area contributed by atoms with Gasteiger partial charge in [0.2, 0.25) is 10.0 Å². The van der Waals surface area contributed by atoms with E-state index in [0.29, 0.717) is 23.0 Å². The Kier molecular flexibility index (Phi) is 4.50. The number of ether oxygens (including phenoxy) is 1. The van der Waals surface area contributed by atoms with Gasteiger partial charge in [-0.05, 0) is 37.5 Å². The largest absolute Gasteiger partial charge is 0.381 e. The van der Waals surface area contributed by atoms with Gasteiger partial charge in [-0.3, -0.25) is 0 Å². The maximum atomic E-state index is 12.6. The predicted molar refractivity (Wildman–Crippen MR) is 75.0 cm³/mol. The molecule has 19 heavy (non-hydrogen) atoms. The quantitative estimate of drug-likeness (QED) is 0.861. The van der Waals surface area contributed by atoms with Gasteiger partial charge in [0, 0.05) is 25.2 Å². The summed E-state index contributed by atoms with van der Waals surface area (Å²) in [7, 11) is -1.79. The summed E-state index contributed by atoms with van der Waals surface area (Å²) >= 11 is 5.90. The lowest BCUT2D eigenvalue weighted by atomic mass is 10.1. The number of halogens is 1. The van der Waals surface area contributed by atoms with Crippen molar-refractivity contribution in [1.82, 2.24) is 4.31 Å². The minimum atomic E-state index is -3.45. The van der Waals surface area contributed by atoms with Crippen LogP contribution in [-0.4, -0.2) is 39.0 Å². The summed E-state index contributed by atoms with van der Waals surface area (Å²) in [4.78, 5) is 0.302. The van der Waals surface area contributed by atoms with Crippen LogP contribution < -0.4 is 0 Å². The van der Waals surface area contributed by atoms with E-state index in [1.165, 1.54) is 10.4 Å². The average Bonchev–Trinajstić information content (AvgIpc) is 2.41. The fourth-order valence-electron chi connectivity index (χ4n) is 2.30. The topological polar surface area (TPSA) is 46.6 Å². The zero-order chi connectivity index (χ0) is 14.0. The van der Waals surface area contributed by atoms with Crippen molar-refractivity contribution in [1.29, 1.82) is 0 Å². The smallest absolute Gasteiger partial charge is 0.243 e. The Morgan fingerprint density at radius 3 is 2.53 bits per heavy atom. The van der Waals surface area contributed by atoms with E-state index in [1.54, 1.807) is 26.2 Å². The number of hydrogen-bond acceptors (Lipinski definition) is 3. The van der Waals surface area contributed by atoms with Gasteiger partial charge in [-0.15, -0.1) is 0 Å². The SMILES string of the molecule is COC1CCN(S(=O)(=O)c2cc(Cl)ccc2C)CC1. The van der Waals surface area contributed by atoms with E-state index in [-0.39, 0.29) is 6.10 Å². The fourth-order valence-corrected chi connectivity index (χ4v) is 4.26. The third-order valence-electron chi connectivity index (χ3n) is 3.50. The molecule has 1 aromatic carbocycles. The number of nitrogens with zero attached hydrogens (tertiary/aromatic N) is 1. The zero-order valence-corrected chi connectivity index (χ0v) is 12.7. The van der Waals surface area contributed by atoms with Crippen molar-refractivity contribution in [2.45, 2.75) is 30.8 Å². The maximum Gasteiger partial charge on any atom is 0.243 e. The second-order valence-corrected chi connectivity index (χ2v) is 7.09. The molecule has 0 unspecified atom stereocenters. The molecule has 2 rings (SSSR count). The molecule has 0 aromatic heterocycles. The van der Waals surface area contributed by atoms with E-state index in [9.17, 15) is 8.42 Å². The number of rotatable bonds is 3. The van der Waals surface area contributed by atoms with Gasteiger partial charge in [0.25, 0.3) is 0 Å². The molecular weight excluding hydrogens is 286 g/mol. The van der Waals surface area contributed by atoms with Crippen LogP contribution in [0.5, 0.6) is 0 Å². The van der Waals surface area contributed by atoms with E-state index < -0.39 is 10.0 Å². The van der Waals surface area contributed by atoms with Crippen LogP contribution in [0.15, 0.2) is 23.1 Å². The van der Waals surface area contributed by atoms with Crippen LogP contribution in [0.25, 0.3) is 0 Å². The van der Waals surface area contributed by atoms with Crippen molar-refractivity contribution < 1.29 is 13.2 Å². The average molecular weight is 304 g/mol. The lowest BCUT2D eigenvalue weighted by Gasteiger charge is -2.30. The normalized spacial score (nSPS) is 18.7. The van der Waals surface area contributed by atoms with E-state index in [2.05, 4.69) is 0 Å². The summed E-state index contributed by atoms with van der Waals surface area (Å²) < 4.78 is 31.9. The Hall–Kier alpha value is -0.620. The molecule has 1 aliphatic rings. The van der Waals surface area contributed by atoms with Crippen LogP contribution in [-0.2, 0) is 14.8 Å². The Bertz CT molecular complexity index is 551. The number of sulfonamides is 1. The number of hydrogen-bond donors (Lipinski definition) is 0. The second kappa shape index (κ2) is 5.79. The number of piperidine rings is 1. The van der Waals surface area contributed by atoms with Gasteiger partial charge < -0.3 is 4.74 Å². The van der Waals surface area contributed by atoms with Crippen LogP contribution in [0.1, 0.15) is 18.4 Å². The zero-order valence-electron chi connectivity index (χ0n) is 11.1. The summed E-state index contributed by atoms with van der Waals surface area (Å²) in [6.45, 7) is 2.77. The van der Waals surface area contributed by atoms with Crippen LogP contribution >= 0.6 is 11.6 Å². The minimum absolute atomic E-state index is 0.159. The fraction of sp³-hybridized carbons (Fsp3) is 0.538. The van der Waals surface area contributed by atoms with E-state index in [4.69, 9.17) is 16.3 Å². The van der Waals surface area contributed by atoms with Gasteiger partial charge in [-0.1, -0.05) is 17.7 Å². The van der Waals surface area contributed by atoms with Crippen molar-refractivity contribution >= 4 is 21.6 Å². The molecule has 0 saturated carbocycles. The molecule has 106 valence electrons. The first-order valence-electron chi connectivity index (χ1n) is 6.24. The minimum Gasteiger partial charge on any atom is -0.381 e. The highest BCUT2D eigenvalue weighted by Gasteiger charge is 2.30. The monoisotopic (exact) mass is 303 g/mol. The number of aryl methyl sites for hydroxylation is 1. The molecule has 0 spiro atoms. The molecule has 0 aliphatic carbocycles. The molecule has 0 atom stereocenters. The molecule has 0 amide bonds. The van der Waals surface area contributed by atoms with Gasteiger partial charge in [-0.2, -0.15) is 4.31 Å². The Labute approximate surface area is 119 Å². The molecule has 1 fully saturated rings. The van der Waals surface area contributed by atoms with Gasteiger partial charge in [0.1, 0.15) is 0 Å². The highest BCUT2D eigenvalue weighted by atomic mass is 35.5. The van der Waals surface area contributed by atoms with E-state index in [0.717, 1.165) is 18.4 Å². The lowest BCUT2D eigenvalue weighted by molar-refractivity contribution is 0.0604. The van der Waals surface area contributed by atoms with Crippen molar-refractivity contribution in [3.63, 3.8) is 0 Å². The summed E-state index contributed by atoms with van der Waals surface area (Å²) in [6.07, 6.45) is 1.62. The lowest BCUT2D eigenvalue weighted by Crippen LogP contribution is -2.40. The maximum absolute atomic E-state index is 12.6. The molecule has 1 aliphatic heterocycles. The summed E-state index contributed by atoms with van der Waals surface area (Å²) in [5.41, 5.74) is 0.721. The molecule has 6 heteroatoms. The Morgan fingerprint density at radius 1 is 1.32 bits per heavy atom. The van der Waals surface area contributed by atoms with Crippen LogP contribution in [0.2, 0.25) is 5.02 Å². The molecular formula is C13H18ClNO3S. The first-order chi connectivity index (χ1) is 8.95. The van der Waals surface area contributed by atoms with Crippen molar-refractivity contribution in [3.8, 4) is 0 Å². The molecule has 0 bridgehead atoms. The van der Waals surface area contributed by atoms with E-state index in [1.807, 2.05) is 0 Å². The Morgan fingerprint density at radius 2 is 1.95 bits per heavy atom. The number of methoxy groups -OCH3 is 1. The first kappa shape index (κ1) is 14.8. The summed E-state index contributed by atoms with van der Waals surface area (Å²) in [6, 6.07) is 4.96. The molecule has 0 N–H and O–H groups in total. The van der Waals surface area contributed by atoms with Crippen LogP contribution in [0.4, 0.5) is 0 Å². The van der Waals surface area contributed by atoms with Crippen molar-refractivity contribution in [3.05, 3.63) is 28.8 Å². The highest BCUT2D eigenvalue weighted by molar-refractivity contribution is 7.89. The van der Waals surface area contributed by atoms with Crippen molar-refractivity contribution in [2.24, 2.45) is 0 Å². The van der Waals surface area contributed by atoms with Crippen molar-refractivity contribution in [2.75, 3.05) is 20.2 Å². The Balaban J connectivity index is 2.26. The third-order valence-corrected chi connectivity index (χ3v) is 5.78. The molecule has 4 nitrogen and oxygen atoms in total. The summed E-state index contributed by atoms with van der Waals surface area (Å²) in [5, 5.41) is 0.441. The molecule has 1 saturated heterocycles. The van der Waals surface area contributed by atoms with Crippen LogP contribution in [0, 0.1) is 6.92 Å². The third kappa shape index (κ3) is 3.11. The van der Waals surface area contributed by atoms with Gasteiger partial charge >= 0.3 is 0 Å². The summed E-state index contributed by atoms with van der Waals surface area (Å²) in [5.74, 6) is 0. The highest BCUT2D eigenvalue weighted by Crippen LogP contribution is 2.26. The molecule has 0 radical (unpaired) electrons. The van der Waals surface area contributed by atoms with Crippen LogP contribution in [0.3, 0.4) is 0 Å². The predicted octanol–water partition coefficient (Wildman–Crippen LogP) is 2.45. The molecule has 1 heterocycles. The van der Waals surface area contributed by atoms with Gasteiger partial charge in [-0.25, -0.2) is 8.42 Å². The van der Waals surface area contributed by atoms with Gasteiger partial charge in [0.05, 0.1) is 11.0 Å². The van der Waals surface area contributed by atoms with E-state index >= 15 is 0 Å².